The Morgan fingerprint density at radius 3 is 2.45 bits per heavy atom. The molecule has 0 aromatic rings. The third kappa shape index (κ3) is 7.25. The smallest absolute Gasteiger partial charge is 0.222 e. The summed E-state index contributed by atoms with van der Waals surface area (Å²) in [6, 6.07) is 0. The van der Waals surface area contributed by atoms with Gasteiger partial charge in [-0.2, -0.15) is 0 Å². The summed E-state index contributed by atoms with van der Waals surface area (Å²) in [6.45, 7) is 9.81. The Morgan fingerprint density at radius 2 is 1.90 bits per heavy atom. The van der Waals surface area contributed by atoms with Gasteiger partial charge in [-0.3, -0.25) is 4.79 Å². The van der Waals surface area contributed by atoms with E-state index in [-0.39, 0.29) is 0 Å². The molecule has 0 radical (unpaired) electrons. The molecule has 4 nitrogen and oxygen atoms in total. The first-order valence-electron chi connectivity index (χ1n) is 8.02. The molecule has 0 saturated carbocycles. The molecule has 1 heterocycles. The van der Waals surface area contributed by atoms with E-state index in [0.717, 1.165) is 51.8 Å². The second-order valence-electron chi connectivity index (χ2n) is 7.01. The van der Waals surface area contributed by atoms with Crippen molar-refractivity contribution in [2.24, 2.45) is 11.1 Å². The number of nitrogens with zero attached hydrogens (tertiary/aromatic N) is 1. The second-order valence-corrected chi connectivity index (χ2v) is 7.01. The zero-order valence-electron chi connectivity index (χ0n) is 13.5. The van der Waals surface area contributed by atoms with Crippen molar-refractivity contribution in [3.05, 3.63) is 0 Å². The lowest BCUT2D eigenvalue weighted by Gasteiger charge is -2.32. The Bertz CT molecular complexity index is 279. The summed E-state index contributed by atoms with van der Waals surface area (Å²) in [5.41, 5.74) is 5.77. The van der Waals surface area contributed by atoms with Crippen LogP contribution in [0.15, 0.2) is 0 Å². The molecule has 0 bridgehead atoms. The van der Waals surface area contributed by atoms with E-state index in [2.05, 4.69) is 20.8 Å². The maximum atomic E-state index is 12.1. The van der Waals surface area contributed by atoms with Crippen molar-refractivity contribution in [2.75, 3.05) is 26.2 Å². The van der Waals surface area contributed by atoms with Crippen molar-refractivity contribution in [2.45, 2.75) is 65.4 Å². The summed E-state index contributed by atoms with van der Waals surface area (Å²) in [4.78, 5) is 14.1. The largest absolute Gasteiger partial charge is 0.378 e. The molecule has 20 heavy (non-hydrogen) atoms. The fourth-order valence-corrected chi connectivity index (χ4v) is 2.53. The molecule has 118 valence electrons. The number of carbonyl (C=O) groups is 1. The number of nitrogens with two attached hydrogens (primary N) is 1. The van der Waals surface area contributed by atoms with E-state index in [1.54, 1.807) is 0 Å². The van der Waals surface area contributed by atoms with Gasteiger partial charge in [-0.1, -0.05) is 20.8 Å². The molecule has 4 heteroatoms. The molecule has 0 aromatic carbocycles. The van der Waals surface area contributed by atoms with Crippen LogP contribution < -0.4 is 5.73 Å². The van der Waals surface area contributed by atoms with Gasteiger partial charge in [-0.25, -0.2) is 0 Å². The van der Waals surface area contributed by atoms with Gasteiger partial charge in [0.1, 0.15) is 0 Å². The number of likely N-dealkylation sites (tertiary alicyclic amines) is 1. The predicted octanol–water partition coefficient (Wildman–Crippen LogP) is 2.56. The van der Waals surface area contributed by atoms with Crippen LogP contribution in [0, 0.1) is 5.41 Å². The fourth-order valence-electron chi connectivity index (χ4n) is 2.53. The van der Waals surface area contributed by atoms with Crippen molar-refractivity contribution in [3.8, 4) is 0 Å². The Labute approximate surface area is 124 Å². The summed E-state index contributed by atoms with van der Waals surface area (Å²) in [7, 11) is 0. The van der Waals surface area contributed by atoms with Gasteiger partial charge >= 0.3 is 0 Å². The minimum absolute atomic E-state index is 0.314. The van der Waals surface area contributed by atoms with Crippen molar-refractivity contribution in [1.82, 2.24) is 4.90 Å². The van der Waals surface area contributed by atoms with Gasteiger partial charge in [-0.05, 0) is 44.1 Å². The molecule has 1 aliphatic heterocycles. The van der Waals surface area contributed by atoms with Crippen molar-refractivity contribution < 1.29 is 9.53 Å². The Morgan fingerprint density at radius 1 is 1.25 bits per heavy atom. The van der Waals surface area contributed by atoms with Gasteiger partial charge < -0.3 is 15.4 Å². The summed E-state index contributed by atoms with van der Waals surface area (Å²) < 4.78 is 5.76. The molecule has 0 spiro atoms. The molecule has 1 rings (SSSR count). The molecule has 0 aliphatic carbocycles. The Kier molecular flexibility index (Phi) is 7.52. The third-order valence-electron chi connectivity index (χ3n) is 3.81. The Hall–Kier alpha value is -0.610. The number of piperidine rings is 1. The Balaban J connectivity index is 2.15. The van der Waals surface area contributed by atoms with E-state index >= 15 is 0 Å². The third-order valence-corrected chi connectivity index (χ3v) is 3.81. The topological polar surface area (TPSA) is 55.6 Å². The second kappa shape index (κ2) is 8.63. The maximum Gasteiger partial charge on any atom is 0.222 e. The van der Waals surface area contributed by atoms with Gasteiger partial charge in [0.25, 0.3) is 0 Å². The summed E-state index contributed by atoms with van der Waals surface area (Å²) in [5, 5.41) is 0. The molecular weight excluding hydrogens is 252 g/mol. The zero-order valence-corrected chi connectivity index (χ0v) is 13.5. The number of amides is 1. The average Bonchev–Trinajstić information content (AvgIpc) is 2.38. The molecule has 1 fully saturated rings. The first-order chi connectivity index (χ1) is 9.42. The summed E-state index contributed by atoms with van der Waals surface area (Å²) >= 11 is 0. The first kappa shape index (κ1) is 17.4. The predicted molar refractivity (Wildman–Crippen MR) is 82.5 cm³/mol. The molecule has 1 amide bonds. The van der Waals surface area contributed by atoms with Gasteiger partial charge in [-0.15, -0.1) is 0 Å². The molecule has 0 atom stereocenters. The SMILES string of the molecule is CC(C)(C)CCCC(=O)N1CCC(OCCCN)CC1. The van der Waals surface area contributed by atoms with E-state index < -0.39 is 0 Å². The van der Waals surface area contributed by atoms with Crippen molar-refractivity contribution >= 4 is 5.91 Å². The zero-order chi connectivity index (χ0) is 15.0. The van der Waals surface area contributed by atoms with Crippen LogP contribution in [0.25, 0.3) is 0 Å². The van der Waals surface area contributed by atoms with Crippen molar-refractivity contribution in [1.29, 1.82) is 0 Å². The number of rotatable bonds is 7. The normalized spacial score (nSPS) is 17.5. The van der Waals surface area contributed by atoms with Crippen molar-refractivity contribution in [3.63, 3.8) is 0 Å². The lowest BCUT2D eigenvalue weighted by Crippen LogP contribution is -2.41. The van der Waals surface area contributed by atoms with E-state index in [4.69, 9.17) is 10.5 Å². The molecule has 0 unspecified atom stereocenters. The first-order valence-corrected chi connectivity index (χ1v) is 8.02. The number of ether oxygens (including phenoxy) is 1. The van der Waals surface area contributed by atoms with Gasteiger partial charge in [0.2, 0.25) is 5.91 Å². The lowest BCUT2D eigenvalue weighted by molar-refractivity contribution is -0.134. The number of carbonyl (C=O) groups excluding carboxylic acids is 1. The molecule has 2 N–H and O–H groups in total. The minimum Gasteiger partial charge on any atom is -0.378 e. The highest BCUT2D eigenvalue weighted by atomic mass is 16.5. The quantitative estimate of drug-likeness (QED) is 0.731. The number of hydrogen-bond acceptors (Lipinski definition) is 3. The lowest BCUT2D eigenvalue weighted by atomic mass is 9.90. The molecule has 0 aromatic heterocycles. The monoisotopic (exact) mass is 284 g/mol. The highest BCUT2D eigenvalue weighted by Gasteiger charge is 2.23. The molecular formula is C16H32N2O2. The minimum atomic E-state index is 0.314. The summed E-state index contributed by atoms with van der Waals surface area (Å²) in [6.07, 6.45) is 5.97. The van der Waals surface area contributed by atoms with Gasteiger partial charge in [0.05, 0.1) is 6.10 Å². The standard InChI is InChI=1S/C16H32N2O2/c1-16(2,3)9-4-6-15(19)18-11-7-14(8-12-18)20-13-5-10-17/h14H,4-13,17H2,1-3H3. The van der Waals surface area contributed by atoms with Crippen LogP contribution in [0.3, 0.4) is 0 Å². The van der Waals surface area contributed by atoms with Gasteiger partial charge in [0, 0.05) is 26.1 Å². The van der Waals surface area contributed by atoms with Crippen LogP contribution >= 0.6 is 0 Å². The molecule has 1 aliphatic rings. The van der Waals surface area contributed by atoms with Crippen LogP contribution in [-0.4, -0.2) is 43.2 Å². The highest BCUT2D eigenvalue weighted by molar-refractivity contribution is 5.76. The van der Waals surface area contributed by atoms with Crippen LogP contribution in [0.2, 0.25) is 0 Å². The highest BCUT2D eigenvalue weighted by Crippen LogP contribution is 2.22. The fraction of sp³-hybridized carbons (Fsp3) is 0.938. The summed E-state index contributed by atoms with van der Waals surface area (Å²) in [5.74, 6) is 0.314. The van der Waals surface area contributed by atoms with Gasteiger partial charge in [0.15, 0.2) is 0 Å². The van der Waals surface area contributed by atoms with Crippen LogP contribution in [0.5, 0.6) is 0 Å². The van der Waals surface area contributed by atoms with E-state index in [1.165, 1.54) is 0 Å². The maximum absolute atomic E-state index is 12.1. The van der Waals surface area contributed by atoms with Crippen LogP contribution in [0.4, 0.5) is 0 Å². The average molecular weight is 284 g/mol. The van der Waals surface area contributed by atoms with E-state index in [1.807, 2.05) is 4.90 Å². The molecule has 1 saturated heterocycles. The van der Waals surface area contributed by atoms with E-state index in [9.17, 15) is 4.79 Å². The number of hydrogen-bond donors (Lipinski definition) is 1. The van der Waals surface area contributed by atoms with E-state index in [0.29, 0.717) is 30.4 Å². The van der Waals surface area contributed by atoms with Crippen LogP contribution in [0.1, 0.15) is 59.3 Å². The van der Waals surface area contributed by atoms with Crippen LogP contribution in [-0.2, 0) is 9.53 Å².